The molecule has 4 heteroatoms. The van der Waals surface area contributed by atoms with Crippen LogP contribution in [0, 0.1) is 11.8 Å². The number of hydrogen-bond donors (Lipinski definition) is 0. The molecule has 2 aromatic heterocycles. The van der Waals surface area contributed by atoms with Gasteiger partial charge in [0.2, 0.25) is 0 Å². The zero-order valence-electron chi connectivity index (χ0n) is 24.6. The fourth-order valence-electron chi connectivity index (χ4n) is 7.36. The molecular weight excluding hydrogens is 476 g/mol. The molecule has 39 heavy (non-hydrogen) atoms. The van der Waals surface area contributed by atoms with Crippen molar-refractivity contribution in [3.05, 3.63) is 83.2 Å². The summed E-state index contributed by atoms with van der Waals surface area (Å²) >= 11 is 0. The summed E-state index contributed by atoms with van der Waals surface area (Å²) in [5.41, 5.74) is 10.6. The molecule has 2 aliphatic rings. The second-order valence-electron chi connectivity index (χ2n) is 12.8. The van der Waals surface area contributed by atoms with Crippen LogP contribution in [0.2, 0.25) is 0 Å². The Bertz CT molecular complexity index is 1320. The van der Waals surface area contributed by atoms with E-state index in [0.29, 0.717) is 42.2 Å². The lowest BCUT2D eigenvalue weighted by atomic mass is 9.75. The second kappa shape index (κ2) is 10.4. The summed E-state index contributed by atoms with van der Waals surface area (Å²) in [5, 5.41) is 10.9. The minimum atomic E-state index is 0.503. The van der Waals surface area contributed by atoms with Crippen molar-refractivity contribution in [3.8, 4) is 22.5 Å². The average Bonchev–Trinajstić information content (AvgIpc) is 3.49. The summed E-state index contributed by atoms with van der Waals surface area (Å²) in [7, 11) is 0. The maximum atomic E-state index is 5.45. The second-order valence-corrected chi connectivity index (χ2v) is 12.8. The van der Waals surface area contributed by atoms with Crippen LogP contribution >= 0.6 is 0 Å². The van der Waals surface area contributed by atoms with E-state index in [2.05, 4.69) is 112 Å². The Hall–Kier alpha value is -3.14. The first-order chi connectivity index (χ1) is 18.8. The number of aromatic nitrogens is 4. The van der Waals surface area contributed by atoms with Gasteiger partial charge in [0, 0.05) is 34.1 Å². The molecule has 4 aromatic rings. The molecule has 0 spiro atoms. The third-order valence-corrected chi connectivity index (χ3v) is 9.52. The van der Waals surface area contributed by atoms with E-state index in [-0.39, 0.29) is 0 Å². The number of fused-ring (bicyclic) bond motifs is 2. The highest BCUT2D eigenvalue weighted by Crippen LogP contribution is 2.48. The van der Waals surface area contributed by atoms with E-state index < -0.39 is 0 Å². The quantitative estimate of drug-likeness (QED) is 0.254. The molecule has 2 heterocycles. The van der Waals surface area contributed by atoms with E-state index >= 15 is 0 Å². The van der Waals surface area contributed by atoms with Crippen molar-refractivity contribution in [3.63, 3.8) is 0 Å². The standard InChI is InChI=1S/C35H44N4/c1-22(2)28-19-17-24(5)30-32(28)36-38(34(30)26-13-9-7-10-14-26)21-39-35(27-15-11-8-12-16-27)31-25(6)18-20-29(23(3)4)33(31)37-39/h7-16,22-25,28-29H,17-21H2,1-6H3/t24-,25-,28+,29+/m1/s1. The van der Waals surface area contributed by atoms with Gasteiger partial charge in [0.1, 0.15) is 6.67 Å². The van der Waals surface area contributed by atoms with Crippen molar-refractivity contribution >= 4 is 0 Å². The molecule has 2 aliphatic carbocycles. The Balaban J connectivity index is 1.57. The van der Waals surface area contributed by atoms with Crippen molar-refractivity contribution < 1.29 is 0 Å². The van der Waals surface area contributed by atoms with Crippen LogP contribution in [0.4, 0.5) is 0 Å². The normalized spacial score (nSPS) is 22.8. The lowest BCUT2D eigenvalue weighted by Gasteiger charge is -2.29. The molecule has 0 bridgehead atoms. The first-order valence-electron chi connectivity index (χ1n) is 15.2. The zero-order chi connectivity index (χ0) is 27.3. The van der Waals surface area contributed by atoms with Gasteiger partial charge in [-0.2, -0.15) is 10.2 Å². The Morgan fingerprint density at radius 3 is 1.36 bits per heavy atom. The van der Waals surface area contributed by atoms with Crippen LogP contribution in [0.5, 0.6) is 0 Å². The average molecular weight is 521 g/mol. The summed E-state index contributed by atoms with van der Waals surface area (Å²) in [5.74, 6) is 3.17. The molecule has 204 valence electrons. The minimum Gasteiger partial charge on any atom is -0.243 e. The van der Waals surface area contributed by atoms with Crippen LogP contribution in [0.3, 0.4) is 0 Å². The molecule has 2 aromatic carbocycles. The van der Waals surface area contributed by atoms with E-state index in [4.69, 9.17) is 10.2 Å². The molecule has 0 fully saturated rings. The van der Waals surface area contributed by atoms with Gasteiger partial charge < -0.3 is 0 Å². The van der Waals surface area contributed by atoms with Gasteiger partial charge in [-0.15, -0.1) is 0 Å². The topological polar surface area (TPSA) is 35.6 Å². The zero-order valence-corrected chi connectivity index (χ0v) is 24.6. The number of hydrogen-bond acceptors (Lipinski definition) is 2. The van der Waals surface area contributed by atoms with Crippen molar-refractivity contribution in [1.82, 2.24) is 19.6 Å². The molecule has 0 saturated carbocycles. The fourth-order valence-corrected chi connectivity index (χ4v) is 7.36. The van der Waals surface area contributed by atoms with E-state index in [0.717, 1.165) is 0 Å². The van der Waals surface area contributed by atoms with Crippen LogP contribution in [0.25, 0.3) is 22.5 Å². The first-order valence-corrected chi connectivity index (χ1v) is 15.2. The van der Waals surface area contributed by atoms with E-state index in [9.17, 15) is 0 Å². The Morgan fingerprint density at radius 1 is 0.615 bits per heavy atom. The lowest BCUT2D eigenvalue weighted by molar-refractivity contribution is 0.394. The number of nitrogens with zero attached hydrogens (tertiary/aromatic N) is 4. The molecule has 0 aliphatic heterocycles. The molecule has 4 nitrogen and oxygen atoms in total. The fraction of sp³-hybridized carbons (Fsp3) is 0.486. The monoisotopic (exact) mass is 520 g/mol. The van der Waals surface area contributed by atoms with Gasteiger partial charge in [-0.05, 0) is 49.4 Å². The van der Waals surface area contributed by atoms with Gasteiger partial charge in [0.05, 0.1) is 22.8 Å². The van der Waals surface area contributed by atoms with Crippen molar-refractivity contribution in [2.45, 2.75) is 97.6 Å². The predicted molar refractivity (Wildman–Crippen MR) is 161 cm³/mol. The molecule has 6 rings (SSSR count). The van der Waals surface area contributed by atoms with Gasteiger partial charge in [-0.25, -0.2) is 9.36 Å². The Morgan fingerprint density at radius 2 is 1.00 bits per heavy atom. The van der Waals surface area contributed by atoms with Gasteiger partial charge in [-0.1, -0.05) is 102 Å². The molecule has 0 amide bonds. The van der Waals surface area contributed by atoms with Crippen molar-refractivity contribution in [2.24, 2.45) is 11.8 Å². The van der Waals surface area contributed by atoms with Crippen molar-refractivity contribution in [1.29, 1.82) is 0 Å². The van der Waals surface area contributed by atoms with E-state index in [1.54, 1.807) is 0 Å². The molecule has 0 radical (unpaired) electrons. The van der Waals surface area contributed by atoms with Gasteiger partial charge in [0.25, 0.3) is 0 Å². The Labute approximate surface area is 234 Å². The highest BCUT2D eigenvalue weighted by atomic mass is 15.4. The molecule has 4 atom stereocenters. The van der Waals surface area contributed by atoms with Crippen molar-refractivity contribution in [2.75, 3.05) is 0 Å². The van der Waals surface area contributed by atoms with Crippen LogP contribution in [0.15, 0.2) is 60.7 Å². The van der Waals surface area contributed by atoms with Crippen LogP contribution < -0.4 is 0 Å². The van der Waals surface area contributed by atoms with Gasteiger partial charge in [-0.3, -0.25) is 0 Å². The number of rotatable bonds is 6. The highest BCUT2D eigenvalue weighted by Gasteiger charge is 2.36. The molecule has 0 N–H and O–H groups in total. The largest absolute Gasteiger partial charge is 0.243 e. The molecular formula is C35H44N4. The van der Waals surface area contributed by atoms with Gasteiger partial charge >= 0.3 is 0 Å². The SMILES string of the molecule is CC(C)[C@@H]1CC[C@@H](C)c2c1nn(Cn1nc3c(c1-c1ccccc1)[C@H](C)CC[C@H]3C(C)C)c2-c1ccccc1. The lowest BCUT2D eigenvalue weighted by Crippen LogP contribution is -2.17. The van der Waals surface area contributed by atoms with E-state index in [1.807, 2.05) is 0 Å². The highest BCUT2D eigenvalue weighted by molar-refractivity contribution is 5.68. The molecule has 0 saturated heterocycles. The van der Waals surface area contributed by atoms with Crippen LogP contribution in [-0.4, -0.2) is 19.6 Å². The smallest absolute Gasteiger partial charge is 0.134 e. The van der Waals surface area contributed by atoms with Gasteiger partial charge in [0.15, 0.2) is 0 Å². The summed E-state index contributed by atoms with van der Waals surface area (Å²) < 4.78 is 4.58. The van der Waals surface area contributed by atoms with E-state index in [1.165, 1.54) is 70.7 Å². The summed E-state index contributed by atoms with van der Waals surface area (Å²) in [6.45, 7) is 14.8. The summed E-state index contributed by atoms with van der Waals surface area (Å²) in [4.78, 5) is 0. The third-order valence-electron chi connectivity index (χ3n) is 9.52. The van der Waals surface area contributed by atoms with Crippen LogP contribution in [0.1, 0.15) is 113 Å². The minimum absolute atomic E-state index is 0.503. The maximum Gasteiger partial charge on any atom is 0.134 e. The predicted octanol–water partition coefficient (Wildman–Crippen LogP) is 9.19. The third kappa shape index (κ3) is 4.56. The first kappa shape index (κ1) is 26.1. The van der Waals surface area contributed by atoms with Crippen LogP contribution in [-0.2, 0) is 6.67 Å². The molecule has 0 unspecified atom stereocenters. The Kier molecular flexibility index (Phi) is 6.99. The summed E-state index contributed by atoms with van der Waals surface area (Å²) in [6, 6.07) is 21.9. The number of benzene rings is 2. The maximum absolute atomic E-state index is 5.45. The summed E-state index contributed by atoms with van der Waals surface area (Å²) in [6.07, 6.45) is 4.88.